The van der Waals surface area contributed by atoms with Crippen LogP contribution in [-0.2, 0) is 4.74 Å². The van der Waals surface area contributed by atoms with E-state index in [1.165, 1.54) is 24.9 Å². The molecular formula is C33H37ClFN5O5. The summed E-state index contributed by atoms with van der Waals surface area (Å²) in [5.74, 6) is 1.02. The van der Waals surface area contributed by atoms with Gasteiger partial charge in [0.2, 0.25) is 5.88 Å². The Morgan fingerprint density at radius 2 is 2.07 bits per heavy atom. The number of urea groups is 1. The predicted octanol–water partition coefficient (Wildman–Crippen LogP) is 7.03. The summed E-state index contributed by atoms with van der Waals surface area (Å²) in [6.45, 7) is 12.3. The van der Waals surface area contributed by atoms with Crippen LogP contribution >= 0.6 is 11.6 Å². The van der Waals surface area contributed by atoms with E-state index in [-0.39, 0.29) is 16.6 Å². The molecule has 2 aliphatic rings. The molecule has 238 valence electrons. The van der Waals surface area contributed by atoms with Crippen LogP contribution in [0.5, 0.6) is 23.1 Å². The summed E-state index contributed by atoms with van der Waals surface area (Å²) in [5.41, 5.74) is 2.00. The highest BCUT2D eigenvalue weighted by atomic mass is 35.5. The SMILES string of the molecule is C=C(F)C(=CC(C)=CC)NC(=O)Nc1ccc(Oc2ncnc3cc(OCCCN4CCC5(COC5)C4)c(OC)cc23)cc1Cl. The molecule has 0 unspecified atom stereocenters. The fourth-order valence-electron chi connectivity index (χ4n) is 5.25. The van der Waals surface area contributed by atoms with E-state index in [2.05, 4.69) is 32.1 Å². The van der Waals surface area contributed by atoms with Gasteiger partial charge in [-0.25, -0.2) is 19.2 Å². The molecule has 2 saturated heterocycles. The van der Waals surface area contributed by atoms with Crippen molar-refractivity contribution in [2.24, 2.45) is 5.41 Å². The van der Waals surface area contributed by atoms with E-state index in [0.717, 1.165) is 44.8 Å². The molecular weight excluding hydrogens is 601 g/mol. The summed E-state index contributed by atoms with van der Waals surface area (Å²) in [6.07, 6.45) is 6.75. The zero-order valence-electron chi connectivity index (χ0n) is 25.6. The smallest absolute Gasteiger partial charge is 0.323 e. The van der Waals surface area contributed by atoms with E-state index in [4.69, 9.17) is 30.5 Å². The fourth-order valence-corrected chi connectivity index (χ4v) is 5.47. The van der Waals surface area contributed by atoms with Crippen LogP contribution in [0, 0.1) is 5.41 Å². The van der Waals surface area contributed by atoms with E-state index >= 15 is 0 Å². The number of benzene rings is 2. The number of carbonyl (C=O) groups is 1. The van der Waals surface area contributed by atoms with E-state index < -0.39 is 11.9 Å². The van der Waals surface area contributed by atoms with Crippen LogP contribution in [-0.4, -0.2) is 67.5 Å². The maximum absolute atomic E-state index is 13.8. The largest absolute Gasteiger partial charge is 0.493 e. The third kappa shape index (κ3) is 7.91. The lowest BCUT2D eigenvalue weighted by Crippen LogP contribution is -2.44. The third-order valence-corrected chi connectivity index (χ3v) is 8.18. The molecule has 0 atom stereocenters. The number of aromatic nitrogens is 2. The first kappa shape index (κ1) is 32.2. The lowest BCUT2D eigenvalue weighted by molar-refractivity contribution is -0.105. The van der Waals surface area contributed by atoms with Crippen LogP contribution < -0.4 is 24.8 Å². The second-order valence-electron chi connectivity index (χ2n) is 11.2. The van der Waals surface area contributed by atoms with Gasteiger partial charge in [0.1, 0.15) is 17.9 Å². The number of ether oxygens (including phenoxy) is 4. The molecule has 3 aromatic rings. The minimum absolute atomic E-state index is 0.0569. The highest BCUT2D eigenvalue weighted by molar-refractivity contribution is 6.33. The van der Waals surface area contributed by atoms with E-state index in [0.29, 0.717) is 45.9 Å². The molecule has 0 bridgehead atoms. The Kier molecular flexibility index (Phi) is 10.2. The zero-order chi connectivity index (χ0) is 32.0. The van der Waals surface area contributed by atoms with Gasteiger partial charge < -0.3 is 34.5 Å². The standard InChI is InChI=1S/C33H37ClFN5O5/c1-5-21(2)13-27(22(3)35)39-32(41)38-26-8-7-23(14-25(26)34)45-31-24-15-29(42-4)30(16-28(24)36-20-37-31)44-12-6-10-40-11-9-33(17-40)18-43-19-33/h5,7-8,13-16,20H,3,6,9-12,17-19H2,1-2,4H3,(H2,38,39,41). The van der Waals surface area contributed by atoms with Crippen LogP contribution in [0.1, 0.15) is 26.7 Å². The lowest BCUT2D eigenvalue weighted by Gasteiger charge is -2.37. The first-order valence-corrected chi connectivity index (χ1v) is 15.1. The van der Waals surface area contributed by atoms with E-state index in [1.54, 1.807) is 45.2 Å². The van der Waals surface area contributed by atoms with Gasteiger partial charge in [-0.3, -0.25) is 0 Å². The molecule has 1 spiro atoms. The number of likely N-dealkylation sites (tertiary alicyclic amines) is 1. The summed E-state index contributed by atoms with van der Waals surface area (Å²) in [4.78, 5) is 23.7. The molecule has 0 radical (unpaired) electrons. The number of rotatable bonds is 12. The van der Waals surface area contributed by atoms with Crippen LogP contribution in [0.15, 0.2) is 72.5 Å². The topological polar surface area (TPSA) is 107 Å². The highest BCUT2D eigenvalue weighted by Gasteiger charge is 2.43. The lowest BCUT2D eigenvalue weighted by atomic mass is 9.85. The summed E-state index contributed by atoms with van der Waals surface area (Å²) in [7, 11) is 1.58. The number of allylic oxidation sites excluding steroid dienone is 4. The monoisotopic (exact) mass is 637 g/mol. The molecule has 12 heteroatoms. The van der Waals surface area contributed by atoms with Crippen LogP contribution in [0.2, 0.25) is 5.02 Å². The second-order valence-corrected chi connectivity index (χ2v) is 11.6. The van der Waals surface area contributed by atoms with Crippen molar-refractivity contribution < 1.29 is 28.1 Å². The minimum atomic E-state index is -0.774. The van der Waals surface area contributed by atoms with Crippen molar-refractivity contribution in [2.45, 2.75) is 26.7 Å². The van der Waals surface area contributed by atoms with Gasteiger partial charge in [-0.1, -0.05) is 29.8 Å². The van der Waals surface area contributed by atoms with Gasteiger partial charge in [-0.15, -0.1) is 0 Å². The molecule has 2 fully saturated rings. The van der Waals surface area contributed by atoms with Crippen molar-refractivity contribution in [1.82, 2.24) is 20.2 Å². The Labute approximate surface area is 266 Å². The normalized spacial score (nSPS) is 16.4. The van der Waals surface area contributed by atoms with Crippen molar-refractivity contribution in [3.8, 4) is 23.1 Å². The number of amides is 2. The molecule has 2 amide bonds. The van der Waals surface area contributed by atoms with Gasteiger partial charge in [-0.2, -0.15) is 0 Å². The molecule has 2 N–H and O–H groups in total. The molecule has 10 nitrogen and oxygen atoms in total. The highest BCUT2D eigenvalue weighted by Crippen LogP contribution is 2.38. The van der Waals surface area contributed by atoms with Crippen LogP contribution in [0.25, 0.3) is 10.9 Å². The maximum atomic E-state index is 13.8. The van der Waals surface area contributed by atoms with Gasteiger partial charge in [-0.05, 0) is 57.5 Å². The molecule has 5 rings (SSSR count). The predicted molar refractivity (Wildman–Crippen MR) is 172 cm³/mol. The number of hydrogen-bond acceptors (Lipinski definition) is 8. The average Bonchev–Trinajstić information content (AvgIpc) is 3.45. The van der Waals surface area contributed by atoms with Gasteiger partial charge in [0.15, 0.2) is 11.5 Å². The quantitative estimate of drug-likeness (QED) is 0.161. The summed E-state index contributed by atoms with van der Waals surface area (Å²) in [6, 6.07) is 7.64. The van der Waals surface area contributed by atoms with Crippen LogP contribution in [0.4, 0.5) is 14.9 Å². The maximum Gasteiger partial charge on any atom is 0.323 e. The number of methoxy groups -OCH3 is 1. The Morgan fingerprint density at radius 1 is 1.24 bits per heavy atom. The zero-order valence-corrected chi connectivity index (χ0v) is 26.4. The Bertz CT molecular complexity index is 1640. The molecule has 2 aromatic carbocycles. The van der Waals surface area contributed by atoms with E-state index in [1.807, 2.05) is 6.07 Å². The molecule has 3 heterocycles. The minimum Gasteiger partial charge on any atom is -0.493 e. The first-order chi connectivity index (χ1) is 21.7. The molecule has 1 aromatic heterocycles. The third-order valence-electron chi connectivity index (χ3n) is 7.87. The number of nitrogens with zero attached hydrogens (tertiary/aromatic N) is 3. The molecule has 45 heavy (non-hydrogen) atoms. The van der Waals surface area contributed by atoms with Crippen molar-refractivity contribution in [3.05, 3.63) is 77.5 Å². The average molecular weight is 638 g/mol. The number of nitrogens with one attached hydrogen (secondary N) is 2. The second kappa shape index (κ2) is 14.3. The Morgan fingerprint density at radius 3 is 2.73 bits per heavy atom. The van der Waals surface area contributed by atoms with Crippen molar-refractivity contribution in [2.75, 3.05) is 51.9 Å². The van der Waals surface area contributed by atoms with Gasteiger partial charge >= 0.3 is 6.03 Å². The number of carbonyl (C=O) groups excluding carboxylic acids is 1. The number of anilines is 1. The summed E-state index contributed by atoms with van der Waals surface area (Å²) in [5, 5.41) is 5.87. The molecule has 0 aliphatic carbocycles. The van der Waals surface area contributed by atoms with Gasteiger partial charge in [0, 0.05) is 30.6 Å². The summed E-state index contributed by atoms with van der Waals surface area (Å²) >= 11 is 6.44. The Balaban J connectivity index is 1.22. The van der Waals surface area contributed by atoms with Crippen LogP contribution in [0.3, 0.4) is 0 Å². The summed E-state index contributed by atoms with van der Waals surface area (Å²) < 4.78 is 37.0. The molecule has 2 aliphatic heterocycles. The van der Waals surface area contributed by atoms with Crippen molar-refractivity contribution in [3.63, 3.8) is 0 Å². The number of hydrogen-bond donors (Lipinski definition) is 2. The van der Waals surface area contributed by atoms with E-state index in [9.17, 15) is 9.18 Å². The number of halogens is 2. The van der Waals surface area contributed by atoms with Gasteiger partial charge in [0.25, 0.3) is 0 Å². The van der Waals surface area contributed by atoms with Crippen molar-refractivity contribution >= 4 is 34.2 Å². The Hall–Kier alpha value is -4.19. The molecule has 0 saturated carbocycles. The number of fused-ring (bicyclic) bond motifs is 1. The first-order valence-electron chi connectivity index (χ1n) is 14.7. The fraction of sp³-hybridized carbons (Fsp3) is 0.364. The van der Waals surface area contributed by atoms with Gasteiger partial charge in [0.05, 0.1) is 54.2 Å². The van der Waals surface area contributed by atoms with Crippen molar-refractivity contribution in [1.29, 1.82) is 0 Å².